The van der Waals surface area contributed by atoms with Gasteiger partial charge in [-0.25, -0.2) is 4.39 Å². The van der Waals surface area contributed by atoms with Crippen LogP contribution in [0.4, 0.5) is 4.39 Å². The van der Waals surface area contributed by atoms with Gasteiger partial charge in [0.15, 0.2) is 0 Å². The van der Waals surface area contributed by atoms with Gasteiger partial charge in [0, 0.05) is 12.1 Å². The van der Waals surface area contributed by atoms with Crippen LogP contribution in [0.15, 0.2) is 54.6 Å². The summed E-state index contributed by atoms with van der Waals surface area (Å²) in [6.45, 7) is 0.0737. The number of halogens is 2. The van der Waals surface area contributed by atoms with Crippen LogP contribution in [0.3, 0.4) is 0 Å². The second-order valence-corrected chi connectivity index (χ2v) is 7.00. The molecule has 0 aliphatic heterocycles. The summed E-state index contributed by atoms with van der Waals surface area (Å²) in [6, 6.07) is 17.1. The molecule has 0 saturated heterocycles. The molecule has 3 aromatic rings. The summed E-state index contributed by atoms with van der Waals surface area (Å²) >= 11 is 6.99. The lowest BCUT2D eigenvalue weighted by molar-refractivity contribution is 0.0954. The first-order valence-corrected chi connectivity index (χ1v) is 8.59. The zero-order valence-corrected chi connectivity index (χ0v) is 14.5. The third kappa shape index (κ3) is 4.05. The first kappa shape index (κ1) is 17.2. The molecular weight excluding hydrogens is 359 g/mol. The fourth-order valence-electron chi connectivity index (χ4n) is 2.33. The number of nitriles is 1. The molecule has 3 nitrogen and oxygen atoms in total. The standard InChI is InChI=1S/C19H12ClFN2OS/c20-18-8-7-17(25-18)19(24)23-11-15-9-14(5-6-16(15)21)13-3-1-12(10-22)2-4-13/h1-9H,11H2,(H,23,24). The lowest BCUT2D eigenvalue weighted by Gasteiger charge is -2.08. The van der Waals surface area contributed by atoms with Gasteiger partial charge >= 0.3 is 0 Å². The van der Waals surface area contributed by atoms with Gasteiger partial charge in [-0.2, -0.15) is 5.26 Å². The fourth-order valence-corrected chi connectivity index (χ4v) is 3.29. The molecule has 1 heterocycles. The predicted octanol–water partition coefficient (Wildman–Crippen LogP) is 5.01. The number of benzene rings is 2. The molecule has 124 valence electrons. The molecular formula is C19H12ClFN2OS. The minimum atomic E-state index is -0.387. The summed E-state index contributed by atoms with van der Waals surface area (Å²) in [4.78, 5) is 12.5. The van der Waals surface area contributed by atoms with Crippen LogP contribution >= 0.6 is 22.9 Å². The van der Waals surface area contributed by atoms with Crippen molar-refractivity contribution >= 4 is 28.8 Å². The molecule has 1 aromatic heterocycles. The van der Waals surface area contributed by atoms with E-state index in [4.69, 9.17) is 16.9 Å². The van der Waals surface area contributed by atoms with Crippen LogP contribution in [0.5, 0.6) is 0 Å². The third-order valence-corrected chi connectivity index (χ3v) is 4.86. The summed E-state index contributed by atoms with van der Waals surface area (Å²) in [5.74, 6) is -0.679. The summed E-state index contributed by atoms with van der Waals surface area (Å²) in [5.41, 5.74) is 2.64. The number of hydrogen-bond donors (Lipinski definition) is 1. The molecule has 0 atom stereocenters. The SMILES string of the molecule is N#Cc1ccc(-c2ccc(F)c(CNC(=O)c3ccc(Cl)s3)c2)cc1. The molecule has 1 amide bonds. The highest BCUT2D eigenvalue weighted by Gasteiger charge is 2.11. The molecule has 0 radical (unpaired) electrons. The Labute approximate surface area is 153 Å². The van der Waals surface area contributed by atoms with Gasteiger partial charge in [-0.05, 0) is 47.5 Å². The Balaban J connectivity index is 1.77. The number of nitrogens with one attached hydrogen (secondary N) is 1. The summed E-state index contributed by atoms with van der Waals surface area (Å²) in [6.07, 6.45) is 0. The van der Waals surface area contributed by atoms with Gasteiger partial charge in [0.05, 0.1) is 20.8 Å². The van der Waals surface area contributed by atoms with Crippen LogP contribution in [0.2, 0.25) is 4.34 Å². The van der Waals surface area contributed by atoms with Gasteiger partial charge in [0.1, 0.15) is 5.82 Å². The van der Waals surface area contributed by atoms with Crippen molar-refractivity contribution in [3.05, 3.63) is 80.8 Å². The zero-order valence-electron chi connectivity index (χ0n) is 12.9. The van der Waals surface area contributed by atoms with Crippen LogP contribution in [-0.4, -0.2) is 5.91 Å². The lowest BCUT2D eigenvalue weighted by Crippen LogP contribution is -2.22. The number of carbonyl (C=O) groups excluding carboxylic acids is 1. The highest BCUT2D eigenvalue weighted by atomic mass is 35.5. The maximum Gasteiger partial charge on any atom is 0.261 e. The van der Waals surface area contributed by atoms with Crippen LogP contribution in [0, 0.1) is 17.1 Å². The Bertz CT molecular complexity index is 960. The summed E-state index contributed by atoms with van der Waals surface area (Å²) in [7, 11) is 0. The second-order valence-electron chi connectivity index (χ2n) is 5.28. The van der Waals surface area contributed by atoms with Crippen molar-refractivity contribution in [1.82, 2.24) is 5.32 Å². The molecule has 1 N–H and O–H groups in total. The van der Waals surface area contributed by atoms with E-state index in [1.165, 1.54) is 17.4 Å². The molecule has 0 bridgehead atoms. The van der Waals surface area contributed by atoms with E-state index >= 15 is 0 Å². The first-order valence-electron chi connectivity index (χ1n) is 7.39. The van der Waals surface area contributed by atoms with E-state index in [9.17, 15) is 9.18 Å². The smallest absolute Gasteiger partial charge is 0.261 e. The predicted molar refractivity (Wildman–Crippen MR) is 97.1 cm³/mol. The topological polar surface area (TPSA) is 52.9 Å². The van der Waals surface area contributed by atoms with Gasteiger partial charge in [-0.3, -0.25) is 4.79 Å². The summed E-state index contributed by atoms with van der Waals surface area (Å²) in [5, 5.41) is 11.5. The normalized spacial score (nSPS) is 10.3. The largest absolute Gasteiger partial charge is 0.347 e. The Morgan fingerprint density at radius 1 is 1.12 bits per heavy atom. The summed E-state index contributed by atoms with van der Waals surface area (Å²) < 4.78 is 14.6. The Hall–Kier alpha value is -2.68. The lowest BCUT2D eigenvalue weighted by atomic mass is 10.0. The number of nitrogens with zero attached hydrogens (tertiary/aromatic N) is 1. The maximum atomic E-state index is 14.0. The van der Waals surface area contributed by atoms with Crippen LogP contribution < -0.4 is 5.32 Å². The van der Waals surface area contributed by atoms with Crippen molar-refractivity contribution < 1.29 is 9.18 Å². The Morgan fingerprint density at radius 2 is 1.84 bits per heavy atom. The molecule has 25 heavy (non-hydrogen) atoms. The molecule has 2 aromatic carbocycles. The van der Waals surface area contributed by atoms with Crippen molar-refractivity contribution in [2.45, 2.75) is 6.54 Å². The molecule has 3 rings (SSSR count). The van der Waals surface area contributed by atoms with E-state index in [2.05, 4.69) is 11.4 Å². The molecule has 0 spiro atoms. The maximum absolute atomic E-state index is 14.0. The Morgan fingerprint density at radius 3 is 2.48 bits per heavy atom. The van der Waals surface area contributed by atoms with Gasteiger partial charge < -0.3 is 5.32 Å². The molecule has 0 fully saturated rings. The third-order valence-electron chi connectivity index (χ3n) is 3.63. The minimum Gasteiger partial charge on any atom is -0.347 e. The fraction of sp³-hybridized carbons (Fsp3) is 0.0526. The number of carbonyl (C=O) groups is 1. The van der Waals surface area contributed by atoms with Crippen molar-refractivity contribution in [3.8, 4) is 17.2 Å². The van der Waals surface area contributed by atoms with Crippen molar-refractivity contribution in [3.63, 3.8) is 0 Å². The Kier molecular flexibility index (Phi) is 5.13. The van der Waals surface area contributed by atoms with Crippen LogP contribution in [0.25, 0.3) is 11.1 Å². The van der Waals surface area contributed by atoms with E-state index in [1.54, 1.807) is 36.4 Å². The minimum absolute atomic E-state index is 0.0737. The number of thiophene rings is 1. The average Bonchev–Trinajstić information content (AvgIpc) is 3.07. The number of hydrogen-bond acceptors (Lipinski definition) is 3. The average molecular weight is 371 g/mol. The van der Waals surface area contributed by atoms with Crippen molar-refractivity contribution in [2.75, 3.05) is 0 Å². The van der Waals surface area contributed by atoms with E-state index < -0.39 is 0 Å². The highest BCUT2D eigenvalue weighted by Crippen LogP contribution is 2.24. The van der Waals surface area contributed by atoms with E-state index in [0.717, 1.165) is 11.1 Å². The molecule has 0 aliphatic carbocycles. The van der Waals surface area contributed by atoms with E-state index in [-0.39, 0.29) is 18.3 Å². The molecule has 0 aliphatic rings. The van der Waals surface area contributed by atoms with E-state index in [0.29, 0.717) is 20.3 Å². The van der Waals surface area contributed by atoms with Crippen LogP contribution in [0.1, 0.15) is 20.8 Å². The van der Waals surface area contributed by atoms with Gasteiger partial charge in [-0.15, -0.1) is 11.3 Å². The molecule has 0 saturated carbocycles. The second kappa shape index (κ2) is 7.47. The highest BCUT2D eigenvalue weighted by molar-refractivity contribution is 7.17. The van der Waals surface area contributed by atoms with Gasteiger partial charge in [0.25, 0.3) is 5.91 Å². The molecule has 0 unspecified atom stereocenters. The number of amides is 1. The monoisotopic (exact) mass is 370 g/mol. The first-order chi connectivity index (χ1) is 12.1. The quantitative estimate of drug-likeness (QED) is 0.701. The van der Waals surface area contributed by atoms with Crippen LogP contribution in [-0.2, 0) is 6.54 Å². The van der Waals surface area contributed by atoms with Crippen molar-refractivity contribution in [1.29, 1.82) is 5.26 Å². The van der Waals surface area contributed by atoms with Gasteiger partial charge in [-0.1, -0.05) is 29.8 Å². The van der Waals surface area contributed by atoms with Crippen molar-refractivity contribution in [2.24, 2.45) is 0 Å². The zero-order chi connectivity index (χ0) is 17.8. The molecule has 6 heteroatoms. The number of rotatable bonds is 4. The van der Waals surface area contributed by atoms with Gasteiger partial charge in [0.2, 0.25) is 0 Å². The van der Waals surface area contributed by atoms with E-state index in [1.807, 2.05) is 12.1 Å².